The molecule has 0 bridgehead atoms. The third-order valence-corrected chi connectivity index (χ3v) is 5.96. The number of nitrogens with zero attached hydrogens (tertiary/aromatic N) is 1. The zero-order valence-electron chi connectivity index (χ0n) is 16.7. The van der Waals surface area contributed by atoms with Gasteiger partial charge in [0.2, 0.25) is 15.9 Å². The van der Waals surface area contributed by atoms with Gasteiger partial charge >= 0.3 is 0 Å². The first-order chi connectivity index (χ1) is 13.7. The van der Waals surface area contributed by atoms with E-state index in [-0.39, 0.29) is 23.1 Å². The van der Waals surface area contributed by atoms with Gasteiger partial charge in [-0.05, 0) is 43.3 Å². The Bertz CT molecular complexity index is 980. The highest BCUT2D eigenvalue weighted by Gasteiger charge is 2.23. The van der Waals surface area contributed by atoms with Crippen molar-refractivity contribution >= 4 is 38.9 Å². The van der Waals surface area contributed by atoms with Crippen LogP contribution in [0.5, 0.6) is 11.5 Å². The lowest BCUT2D eigenvalue weighted by Crippen LogP contribution is -2.24. The lowest BCUT2D eigenvalue weighted by molar-refractivity contribution is -0.114. The maximum absolute atomic E-state index is 12.6. The average Bonchev–Trinajstić information content (AvgIpc) is 2.67. The number of hydrogen-bond donors (Lipinski definition) is 2. The van der Waals surface area contributed by atoms with Gasteiger partial charge in [-0.15, -0.1) is 0 Å². The van der Waals surface area contributed by atoms with E-state index in [9.17, 15) is 13.2 Å². The number of carbonyl (C=O) groups excluding carboxylic acids is 1. The lowest BCUT2D eigenvalue weighted by atomic mass is 10.2. The molecule has 2 aromatic rings. The number of rotatable bonds is 9. The van der Waals surface area contributed by atoms with Crippen molar-refractivity contribution in [2.24, 2.45) is 0 Å². The second kappa shape index (κ2) is 9.82. The highest BCUT2D eigenvalue weighted by molar-refractivity contribution is 7.89. The third-order valence-electron chi connectivity index (χ3n) is 3.89. The second-order valence-corrected chi connectivity index (χ2v) is 8.68. The topological polar surface area (TPSA) is 97.0 Å². The molecule has 0 aliphatic rings. The summed E-state index contributed by atoms with van der Waals surface area (Å²) in [5.41, 5.74) is 0.899. The summed E-state index contributed by atoms with van der Waals surface area (Å²) in [6, 6.07) is 9.52. The van der Waals surface area contributed by atoms with E-state index >= 15 is 0 Å². The predicted molar refractivity (Wildman–Crippen MR) is 114 cm³/mol. The summed E-state index contributed by atoms with van der Waals surface area (Å²) in [6.07, 6.45) is 0. The van der Waals surface area contributed by atoms with Gasteiger partial charge in [-0.25, -0.2) is 12.7 Å². The largest absolute Gasteiger partial charge is 0.495 e. The summed E-state index contributed by atoms with van der Waals surface area (Å²) >= 11 is 5.96. The van der Waals surface area contributed by atoms with Crippen LogP contribution < -0.4 is 20.1 Å². The van der Waals surface area contributed by atoms with Crippen LogP contribution in [0.1, 0.15) is 6.92 Å². The van der Waals surface area contributed by atoms with Crippen molar-refractivity contribution in [1.82, 2.24) is 4.31 Å². The molecule has 0 aliphatic heterocycles. The number of nitrogens with one attached hydrogen (secondary N) is 2. The number of carbonyl (C=O) groups is 1. The molecule has 0 fully saturated rings. The number of benzene rings is 2. The van der Waals surface area contributed by atoms with Crippen molar-refractivity contribution in [3.8, 4) is 11.5 Å². The number of ether oxygens (including phenoxy) is 2. The van der Waals surface area contributed by atoms with Crippen molar-refractivity contribution < 1.29 is 22.7 Å². The molecule has 0 unspecified atom stereocenters. The Morgan fingerprint density at radius 2 is 1.83 bits per heavy atom. The Balaban J connectivity index is 2.16. The van der Waals surface area contributed by atoms with Crippen LogP contribution in [-0.4, -0.2) is 53.0 Å². The van der Waals surface area contributed by atoms with E-state index in [2.05, 4.69) is 10.6 Å². The summed E-state index contributed by atoms with van der Waals surface area (Å²) in [5.74, 6) is 0.375. The van der Waals surface area contributed by atoms with E-state index in [1.165, 1.54) is 27.3 Å². The average molecular weight is 442 g/mol. The van der Waals surface area contributed by atoms with Gasteiger partial charge in [-0.2, -0.15) is 0 Å². The molecule has 0 heterocycles. The highest BCUT2D eigenvalue weighted by Crippen LogP contribution is 2.30. The monoisotopic (exact) mass is 441 g/mol. The van der Waals surface area contributed by atoms with Crippen LogP contribution in [0.4, 0.5) is 11.4 Å². The Kier molecular flexibility index (Phi) is 7.72. The van der Waals surface area contributed by atoms with Gasteiger partial charge in [0.15, 0.2) is 0 Å². The normalized spacial score (nSPS) is 11.2. The molecular weight excluding hydrogens is 418 g/mol. The number of sulfonamides is 1. The van der Waals surface area contributed by atoms with Crippen LogP contribution in [0.3, 0.4) is 0 Å². The van der Waals surface area contributed by atoms with Crippen molar-refractivity contribution in [1.29, 1.82) is 0 Å². The molecule has 8 nitrogen and oxygen atoms in total. The number of methoxy groups -OCH3 is 1. The van der Waals surface area contributed by atoms with Gasteiger partial charge < -0.3 is 20.1 Å². The minimum atomic E-state index is -3.72. The SMILES string of the molecule is CCOc1ccc(NCC(=O)Nc2cc(Cl)ccc2OC)cc1S(=O)(=O)N(C)C. The third kappa shape index (κ3) is 5.75. The van der Waals surface area contributed by atoms with Crippen molar-refractivity contribution in [3.05, 3.63) is 41.4 Å². The molecule has 2 N–H and O–H groups in total. The minimum Gasteiger partial charge on any atom is -0.495 e. The summed E-state index contributed by atoms with van der Waals surface area (Å²) < 4.78 is 36.9. The summed E-state index contributed by atoms with van der Waals surface area (Å²) in [5, 5.41) is 6.08. The van der Waals surface area contributed by atoms with E-state index < -0.39 is 10.0 Å². The van der Waals surface area contributed by atoms with Gasteiger partial charge in [0, 0.05) is 24.8 Å². The quantitative estimate of drug-likeness (QED) is 0.620. The van der Waals surface area contributed by atoms with Crippen molar-refractivity contribution in [2.45, 2.75) is 11.8 Å². The molecule has 1 amide bonds. The molecule has 10 heteroatoms. The van der Waals surface area contributed by atoms with Crippen LogP contribution >= 0.6 is 11.6 Å². The van der Waals surface area contributed by atoms with E-state index in [1.807, 2.05) is 0 Å². The molecule has 29 heavy (non-hydrogen) atoms. The summed E-state index contributed by atoms with van der Waals surface area (Å²) in [7, 11) is 0.656. The minimum absolute atomic E-state index is 0.0197. The molecule has 0 spiro atoms. The Morgan fingerprint density at radius 1 is 1.14 bits per heavy atom. The predicted octanol–water partition coefficient (Wildman–Crippen LogP) is 3.05. The second-order valence-electron chi connectivity index (χ2n) is 6.13. The van der Waals surface area contributed by atoms with E-state index in [4.69, 9.17) is 21.1 Å². The van der Waals surface area contributed by atoms with Crippen molar-refractivity contribution in [3.63, 3.8) is 0 Å². The van der Waals surface area contributed by atoms with Crippen molar-refractivity contribution in [2.75, 3.05) is 45.0 Å². The fraction of sp³-hybridized carbons (Fsp3) is 0.316. The molecule has 0 aromatic heterocycles. The summed E-state index contributed by atoms with van der Waals surface area (Å²) in [4.78, 5) is 12.3. The summed E-state index contributed by atoms with van der Waals surface area (Å²) in [6.45, 7) is 2.00. The number of amides is 1. The van der Waals surface area contributed by atoms with Crippen LogP contribution in [0, 0.1) is 0 Å². The van der Waals surface area contributed by atoms with E-state index in [0.717, 1.165) is 4.31 Å². The zero-order valence-corrected chi connectivity index (χ0v) is 18.2. The Labute approximate surface area is 175 Å². The van der Waals surface area contributed by atoms with Crippen LogP contribution in [0.15, 0.2) is 41.3 Å². The fourth-order valence-electron chi connectivity index (χ4n) is 2.45. The van der Waals surface area contributed by atoms with Crippen LogP contribution in [0.2, 0.25) is 5.02 Å². The number of hydrogen-bond acceptors (Lipinski definition) is 6. The molecular formula is C19H24ClN3O5S. The maximum Gasteiger partial charge on any atom is 0.246 e. The van der Waals surface area contributed by atoms with Gasteiger partial charge in [-0.3, -0.25) is 4.79 Å². The molecule has 2 aromatic carbocycles. The van der Waals surface area contributed by atoms with E-state index in [0.29, 0.717) is 28.8 Å². The number of halogens is 1. The number of anilines is 2. The lowest BCUT2D eigenvalue weighted by Gasteiger charge is -2.17. The van der Waals surface area contributed by atoms with Gasteiger partial charge in [-0.1, -0.05) is 11.6 Å². The first-order valence-corrected chi connectivity index (χ1v) is 10.6. The molecule has 0 atom stereocenters. The van der Waals surface area contributed by atoms with E-state index in [1.54, 1.807) is 37.3 Å². The fourth-order valence-corrected chi connectivity index (χ4v) is 3.67. The zero-order chi connectivity index (χ0) is 21.6. The first kappa shape index (κ1) is 22.8. The maximum atomic E-state index is 12.6. The van der Waals surface area contributed by atoms with Crippen LogP contribution in [-0.2, 0) is 14.8 Å². The highest BCUT2D eigenvalue weighted by atomic mass is 35.5. The van der Waals surface area contributed by atoms with Crippen LogP contribution in [0.25, 0.3) is 0 Å². The molecule has 0 saturated heterocycles. The molecule has 158 valence electrons. The molecule has 2 rings (SSSR count). The Morgan fingerprint density at radius 3 is 2.45 bits per heavy atom. The standard InChI is InChI=1S/C19H24ClN3O5S/c1-5-28-17-9-7-14(11-18(17)29(25,26)23(2)3)21-12-19(24)22-15-10-13(20)6-8-16(15)27-4/h6-11,21H,5,12H2,1-4H3,(H,22,24). The van der Waals surface area contributed by atoms with Gasteiger partial charge in [0.05, 0.1) is 25.9 Å². The first-order valence-electron chi connectivity index (χ1n) is 8.75. The molecule has 0 saturated carbocycles. The van der Waals surface area contributed by atoms with Gasteiger partial charge in [0.25, 0.3) is 0 Å². The van der Waals surface area contributed by atoms with Gasteiger partial charge in [0.1, 0.15) is 16.4 Å². The Hall–Kier alpha value is -2.49. The molecule has 0 aliphatic carbocycles. The molecule has 0 radical (unpaired) electrons. The smallest absolute Gasteiger partial charge is 0.246 e.